The van der Waals surface area contributed by atoms with Gasteiger partial charge in [-0.05, 0) is 69.7 Å². The van der Waals surface area contributed by atoms with E-state index in [1.165, 1.54) is 6.92 Å². The van der Waals surface area contributed by atoms with Gasteiger partial charge in [0, 0.05) is 10.2 Å². The normalized spacial score (nSPS) is 28.0. The topological polar surface area (TPSA) is 66.5 Å². The van der Waals surface area contributed by atoms with Crippen LogP contribution >= 0.6 is 50.7 Å². The van der Waals surface area contributed by atoms with Crippen molar-refractivity contribution in [2.75, 3.05) is 5.32 Å². The van der Waals surface area contributed by atoms with Crippen molar-refractivity contribution < 1.29 is 14.4 Å². The van der Waals surface area contributed by atoms with E-state index in [0.717, 1.165) is 10.5 Å². The number of hydrogen-bond donors (Lipinski definition) is 1. The zero-order valence-corrected chi connectivity index (χ0v) is 23.5. The molecular weight excluding hydrogens is 599 g/mol. The number of benzene rings is 3. The predicted molar refractivity (Wildman–Crippen MR) is 147 cm³/mol. The van der Waals surface area contributed by atoms with Crippen LogP contribution in [-0.2, 0) is 24.1 Å². The number of imide groups is 1. The van der Waals surface area contributed by atoms with Gasteiger partial charge in [-0.2, -0.15) is 0 Å². The van der Waals surface area contributed by atoms with Gasteiger partial charge in [-0.15, -0.1) is 23.2 Å². The third kappa shape index (κ3) is 3.13. The lowest BCUT2D eigenvalue weighted by Gasteiger charge is -2.54. The van der Waals surface area contributed by atoms with E-state index < -0.39 is 45.3 Å². The maximum atomic E-state index is 14.0. The fraction of sp³-hybridized carbons (Fsp3) is 0.250. The number of amides is 3. The molecule has 1 aliphatic heterocycles. The Labute approximate surface area is 237 Å². The van der Waals surface area contributed by atoms with E-state index in [1.807, 2.05) is 55.5 Å². The minimum atomic E-state index is -1.29. The van der Waals surface area contributed by atoms with Crippen LogP contribution in [0.4, 0.5) is 5.69 Å². The third-order valence-corrected chi connectivity index (χ3v) is 10.4. The first-order valence-electron chi connectivity index (χ1n) is 11.7. The molecule has 7 rings (SSSR count). The van der Waals surface area contributed by atoms with Gasteiger partial charge in [0.25, 0.3) is 0 Å². The monoisotopic (exact) mass is 616 g/mol. The Hall–Kier alpha value is -2.38. The van der Waals surface area contributed by atoms with Gasteiger partial charge in [0.05, 0.1) is 16.9 Å². The summed E-state index contributed by atoms with van der Waals surface area (Å²) in [5, 5.41) is 3.24. The Kier molecular flexibility index (Phi) is 5.60. The molecule has 0 saturated carbocycles. The van der Waals surface area contributed by atoms with E-state index in [0.29, 0.717) is 37.4 Å². The van der Waals surface area contributed by atoms with Gasteiger partial charge in [0.1, 0.15) is 15.8 Å². The number of alkyl halides is 2. The minimum Gasteiger partial charge on any atom is -0.324 e. The van der Waals surface area contributed by atoms with Crippen molar-refractivity contribution in [1.29, 1.82) is 0 Å². The second-order valence-corrected chi connectivity index (χ2v) is 12.2. The number of carbonyl (C=O) groups excluding carboxylic acids is 3. The number of rotatable bonds is 3. The second-order valence-electron chi connectivity index (χ2n) is 9.76. The highest BCUT2D eigenvalue weighted by atomic mass is 79.9. The Balaban J connectivity index is 1.43. The molecule has 3 amide bonds. The van der Waals surface area contributed by atoms with Gasteiger partial charge in [-0.1, -0.05) is 60.1 Å². The van der Waals surface area contributed by atoms with Crippen molar-refractivity contribution in [3.05, 3.63) is 98.0 Å². The van der Waals surface area contributed by atoms with E-state index >= 15 is 0 Å². The summed E-state index contributed by atoms with van der Waals surface area (Å²) in [6.45, 7) is 3.35. The molecule has 188 valence electrons. The molecule has 0 unspecified atom stereocenters. The first-order valence-corrected chi connectivity index (χ1v) is 13.7. The first kappa shape index (κ1) is 24.9. The van der Waals surface area contributed by atoms with Gasteiger partial charge >= 0.3 is 0 Å². The molecule has 1 N–H and O–H groups in total. The van der Waals surface area contributed by atoms with Crippen LogP contribution in [0.1, 0.15) is 34.7 Å². The number of hydrogen-bond acceptors (Lipinski definition) is 3. The summed E-state index contributed by atoms with van der Waals surface area (Å²) in [7, 11) is 0. The van der Waals surface area contributed by atoms with Crippen molar-refractivity contribution in [2.45, 2.75) is 29.6 Å². The van der Waals surface area contributed by atoms with E-state index in [9.17, 15) is 14.4 Å². The highest BCUT2D eigenvalue weighted by molar-refractivity contribution is 9.10. The van der Waals surface area contributed by atoms with Gasteiger partial charge in [0.2, 0.25) is 17.7 Å². The summed E-state index contributed by atoms with van der Waals surface area (Å²) in [6, 6.07) is 17.2. The Morgan fingerprint density at radius 2 is 1.35 bits per heavy atom. The summed E-state index contributed by atoms with van der Waals surface area (Å²) in [6.07, 6.45) is 0. The van der Waals surface area contributed by atoms with Crippen molar-refractivity contribution >= 4 is 74.1 Å². The summed E-state index contributed by atoms with van der Waals surface area (Å²) in [4.78, 5) is 39.8. The fourth-order valence-corrected chi connectivity index (χ4v) is 7.93. The van der Waals surface area contributed by atoms with Gasteiger partial charge in [-0.25, -0.2) is 0 Å². The molecule has 1 heterocycles. The van der Waals surface area contributed by atoms with Crippen LogP contribution in [-0.4, -0.2) is 28.7 Å². The van der Waals surface area contributed by atoms with Crippen molar-refractivity contribution in [3.8, 4) is 0 Å². The summed E-state index contributed by atoms with van der Waals surface area (Å²) < 4.78 is 0.695. The standard InChI is InChI=1S/C28H20BrCl3N2O3/c1-13-11-19(29)20(30)12-21(13)33-24(35)14(2)34-25(36)22-23(26(34)37)28(32)16-8-4-3-7-15(16)27(22,31)17-9-5-6-10-18(17)28/h3-12,14,22-23H,1-2H3,(H,33,35)/t14-,22-,23+,27?,28?/m0/s1. The number of likely N-dealkylation sites (tertiary alicyclic amines) is 1. The second kappa shape index (κ2) is 8.31. The van der Waals surface area contributed by atoms with Crippen LogP contribution in [0.5, 0.6) is 0 Å². The molecule has 3 aromatic carbocycles. The number of nitrogens with zero attached hydrogens (tertiary/aromatic N) is 1. The lowest BCUT2D eigenvalue weighted by Crippen LogP contribution is -2.57. The Morgan fingerprint density at radius 1 is 0.919 bits per heavy atom. The summed E-state index contributed by atoms with van der Waals surface area (Å²) in [5.41, 5.74) is 4.12. The number of nitrogens with one attached hydrogen (secondary N) is 1. The molecule has 9 heteroatoms. The molecule has 3 atom stereocenters. The van der Waals surface area contributed by atoms with E-state index in [4.69, 9.17) is 34.8 Å². The minimum absolute atomic E-state index is 0.424. The molecule has 2 bridgehead atoms. The molecule has 4 aliphatic rings. The third-order valence-electron chi connectivity index (χ3n) is 7.91. The molecule has 1 fully saturated rings. The largest absolute Gasteiger partial charge is 0.324 e. The van der Waals surface area contributed by atoms with E-state index in [2.05, 4.69) is 21.2 Å². The number of halogens is 4. The van der Waals surface area contributed by atoms with Crippen LogP contribution in [0.25, 0.3) is 0 Å². The van der Waals surface area contributed by atoms with Crippen LogP contribution < -0.4 is 5.32 Å². The van der Waals surface area contributed by atoms with Crippen molar-refractivity contribution in [2.24, 2.45) is 11.8 Å². The zero-order chi connectivity index (χ0) is 26.4. The number of aryl methyl sites for hydroxylation is 1. The average molecular weight is 619 g/mol. The van der Waals surface area contributed by atoms with Gasteiger partial charge in [0.15, 0.2) is 0 Å². The molecule has 0 aromatic heterocycles. The smallest absolute Gasteiger partial charge is 0.247 e. The van der Waals surface area contributed by atoms with Crippen molar-refractivity contribution in [1.82, 2.24) is 4.90 Å². The van der Waals surface area contributed by atoms with Crippen LogP contribution in [0.3, 0.4) is 0 Å². The maximum Gasteiger partial charge on any atom is 0.247 e. The Morgan fingerprint density at radius 3 is 1.78 bits per heavy atom. The number of carbonyl (C=O) groups is 3. The molecule has 0 spiro atoms. The molecule has 3 aliphatic carbocycles. The maximum absolute atomic E-state index is 14.0. The lowest BCUT2D eigenvalue weighted by molar-refractivity contribution is -0.146. The zero-order valence-electron chi connectivity index (χ0n) is 19.7. The summed E-state index contributed by atoms with van der Waals surface area (Å²) in [5.74, 6) is -3.44. The predicted octanol–water partition coefficient (Wildman–Crippen LogP) is 6.33. The molecule has 5 nitrogen and oxygen atoms in total. The van der Waals surface area contributed by atoms with E-state index in [-0.39, 0.29) is 0 Å². The Bertz CT molecular complexity index is 1420. The van der Waals surface area contributed by atoms with E-state index in [1.54, 1.807) is 12.1 Å². The van der Waals surface area contributed by atoms with Crippen LogP contribution in [0, 0.1) is 18.8 Å². The molecule has 3 aromatic rings. The van der Waals surface area contributed by atoms with Gasteiger partial charge in [-0.3, -0.25) is 19.3 Å². The highest BCUT2D eigenvalue weighted by Crippen LogP contribution is 2.69. The first-order chi connectivity index (χ1) is 17.5. The summed E-state index contributed by atoms with van der Waals surface area (Å²) >= 11 is 24.5. The molecule has 0 radical (unpaired) electrons. The molecule has 1 saturated heterocycles. The molecule has 37 heavy (non-hydrogen) atoms. The quantitative estimate of drug-likeness (QED) is 0.276. The lowest BCUT2D eigenvalue weighted by atomic mass is 9.54. The highest BCUT2D eigenvalue weighted by Gasteiger charge is 2.73. The number of anilines is 1. The van der Waals surface area contributed by atoms with Gasteiger partial charge < -0.3 is 5.32 Å². The SMILES string of the molecule is Cc1cc(Br)c(Cl)cc1NC(=O)[C@H](C)N1C(=O)[C@@H]2[C@H](C1=O)C1(Cl)c3ccccc3C2(Cl)c2ccccc21. The van der Waals surface area contributed by atoms with Crippen molar-refractivity contribution in [3.63, 3.8) is 0 Å². The van der Waals surface area contributed by atoms with Crippen LogP contribution in [0.15, 0.2) is 65.1 Å². The average Bonchev–Trinajstić information content (AvgIpc) is 3.16. The molecular formula is C28H20BrCl3N2O3. The van der Waals surface area contributed by atoms with Crippen LogP contribution in [0.2, 0.25) is 5.02 Å². The fourth-order valence-electron chi connectivity index (χ4n) is 6.21.